The molecule has 1 saturated heterocycles. The van der Waals surface area contributed by atoms with E-state index in [1.54, 1.807) is 0 Å². The standard InChI is InChI=1S/C11H12FN3O3/c12-9-4-3-7(6-13-9)15-5-1-2-8(10(15)16)14-11(17)18/h3-4,6,8,14H,1-2,5H2,(H,17,18). The monoisotopic (exact) mass is 253 g/mol. The van der Waals surface area contributed by atoms with Gasteiger partial charge in [0.05, 0.1) is 11.9 Å². The number of anilines is 1. The summed E-state index contributed by atoms with van der Waals surface area (Å²) in [5.74, 6) is -0.958. The first kappa shape index (κ1) is 12.3. The largest absolute Gasteiger partial charge is 0.465 e. The van der Waals surface area contributed by atoms with E-state index in [-0.39, 0.29) is 5.91 Å². The first-order valence-corrected chi connectivity index (χ1v) is 5.50. The lowest BCUT2D eigenvalue weighted by Gasteiger charge is -2.31. The molecule has 1 aromatic rings. The van der Waals surface area contributed by atoms with Crippen LogP contribution in [0.2, 0.25) is 0 Å². The van der Waals surface area contributed by atoms with Gasteiger partial charge in [-0.2, -0.15) is 4.39 Å². The predicted octanol–water partition coefficient (Wildman–Crippen LogP) is 0.984. The third-order valence-corrected chi connectivity index (χ3v) is 2.76. The van der Waals surface area contributed by atoms with Crippen molar-refractivity contribution in [1.82, 2.24) is 10.3 Å². The van der Waals surface area contributed by atoms with E-state index >= 15 is 0 Å². The van der Waals surface area contributed by atoms with Crippen LogP contribution in [0.15, 0.2) is 18.3 Å². The highest BCUT2D eigenvalue weighted by Crippen LogP contribution is 2.20. The van der Waals surface area contributed by atoms with Crippen molar-refractivity contribution in [1.29, 1.82) is 0 Å². The highest BCUT2D eigenvalue weighted by Gasteiger charge is 2.30. The van der Waals surface area contributed by atoms with E-state index in [9.17, 15) is 14.0 Å². The van der Waals surface area contributed by atoms with Crippen LogP contribution >= 0.6 is 0 Å². The SMILES string of the molecule is O=C(O)NC1CCCN(c2ccc(F)nc2)C1=O. The van der Waals surface area contributed by atoms with E-state index in [0.29, 0.717) is 25.1 Å². The Morgan fingerprint density at radius 1 is 1.56 bits per heavy atom. The lowest BCUT2D eigenvalue weighted by Crippen LogP contribution is -2.52. The molecule has 7 heteroatoms. The fourth-order valence-corrected chi connectivity index (χ4v) is 1.94. The zero-order chi connectivity index (χ0) is 13.1. The minimum Gasteiger partial charge on any atom is -0.465 e. The smallest absolute Gasteiger partial charge is 0.405 e. The molecule has 0 spiro atoms. The minimum absolute atomic E-state index is 0.336. The van der Waals surface area contributed by atoms with E-state index in [4.69, 9.17) is 5.11 Å². The lowest BCUT2D eigenvalue weighted by molar-refractivity contribution is -0.121. The van der Waals surface area contributed by atoms with Gasteiger partial charge in [0.25, 0.3) is 0 Å². The summed E-state index contributed by atoms with van der Waals surface area (Å²) in [6.07, 6.45) is 1.17. The summed E-state index contributed by atoms with van der Waals surface area (Å²) in [5.41, 5.74) is 0.471. The summed E-state index contributed by atoms with van der Waals surface area (Å²) in [7, 11) is 0. The van der Waals surface area contributed by atoms with Gasteiger partial charge in [-0.05, 0) is 25.0 Å². The molecule has 1 aliphatic rings. The number of aromatic nitrogens is 1. The highest BCUT2D eigenvalue weighted by molar-refractivity contribution is 5.99. The van der Waals surface area contributed by atoms with E-state index < -0.39 is 18.1 Å². The van der Waals surface area contributed by atoms with E-state index in [0.717, 1.165) is 6.07 Å². The summed E-state index contributed by atoms with van der Waals surface area (Å²) in [5, 5.41) is 10.8. The number of carbonyl (C=O) groups is 2. The molecule has 0 aromatic carbocycles. The second-order valence-corrected chi connectivity index (χ2v) is 3.97. The van der Waals surface area contributed by atoms with Gasteiger partial charge in [-0.1, -0.05) is 0 Å². The van der Waals surface area contributed by atoms with Crippen molar-refractivity contribution in [3.63, 3.8) is 0 Å². The van der Waals surface area contributed by atoms with Crippen molar-refractivity contribution >= 4 is 17.7 Å². The van der Waals surface area contributed by atoms with Crippen LogP contribution < -0.4 is 10.2 Å². The summed E-state index contributed by atoms with van der Waals surface area (Å²) in [4.78, 5) is 27.5. The minimum atomic E-state index is -1.23. The van der Waals surface area contributed by atoms with Crippen molar-refractivity contribution < 1.29 is 19.1 Å². The maximum absolute atomic E-state index is 12.7. The van der Waals surface area contributed by atoms with Crippen LogP contribution in [0.1, 0.15) is 12.8 Å². The average Bonchev–Trinajstić information content (AvgIpc) is 2.33. The van der Waals surface area contributed by atoms with Gasteiger partial charge in [0.2, 0.25) is 11.9 Å². The van der Waals surface area contributed by atoms with Crippen LogP contribution in [0.5, 0.6) is 0 Å². The van der Waals surface area contributed by atoms with Crippen LogP contribution in [0.25, 0.3) is 0 Å². The molecule has 96 valence electrons. The highest BCUT2D eigenvalue weighted by atomic mass is 19.1. The molecule has 2 rings (SSSR count). The van der Waals surface area contributed by atoms with Crippen LogP contribution in [0.4, 0.5) is 14.9 Å². The molecule has 1 atom stereocenters. The number of hydrogen-bond donors (Lipinski definition) is 2. The number of rotatable bonds is 2. The number of carbonyl (C=O) groups excluding carboxylic acids is 1. The fraction of sp³-hybridized carbons (Fsp3) is 0.364. The number of hydrogen-bond acceptors (Lipinski definition) is 3. The first-order chi connectivity index (χ1) is 8.58. The average molecular weight is 253 g/mol. The Labute approximate surface area is 102 Å². The van der Waals surface area contributed by atoms with Crippen molar-refractivity contribution in [2.75, 3.05) is 11.4 Å². The Morgan fingerprint density at radius 2 is 2.33 bits per heavy atom. The number of piperidine rings is 1. The van der Waals surface area contributed by atoms with Gasteiger partial charge in [-0.25, -0.2) is 9.78 Å². The van der Waals surface area contributed by atoms with Crippen LogP contribution in [-0.4, -0.2) is 34.7 Å². The second-order valence-electron chi connectivity index (χ2n) is 3.97. The number of pyridine rings is 1. The summed E-state index contributed by atoms with van der Waals surface area (Å²) in [6, 6.07) is 1.86. The molecular weight excluding hydrogens is 241 g/mol. The normalized spacial score (nSPS) is 19.7. The van der Waals surface area contributed by atoms with E-state index in [2.05, 4.69) is 10.3 Å². The summed E-state index contributed by atoms with van der Waals surface area (Å²) < 4.78 is 12.7. The molecule has 1 aliphatic heterocycles. The molecule has 0 saturated carbocycles. The second kappa shape index (κ2) is 4.99. The quantitative estimate of drug-likeness (QED) is 0.770. The van der Waals surface area contributed by atoms with Crippen molar-refractivity contribution in [3.8, 4) is 0 Å². The Kier molecular flexibility index (Phi) is 3.40. The van der Waals surface area contributed by atoms with Crippen molar-refractivity contribution in [2.45, 2.75) is 18.9 Å². The van der Waals surface area contributed by atoms with E-state index in [1.165, 1.54) is 17.2 Å². The molecule has 0 radical (unpaired) electrons. The van der Waals surface area contributed by atoms with Gasteiger partial charge >= 0.3 is 6.09 Å². The Morgan fingerprint density at radius 3 is 2.94 bits per heavy atom. The van der Waals surface area contributed by atoms with Crippen LogP contribution in [-0.2, 0) is 4.79 Å². The Balaban J connectivity index is 2.15. The van der Waals surface area contributed by atoms with Crippen molar-refractivity contribution in [3.05, 3.63) is 24.3 Å². The summed E-state index contributed by atoms with van der Waals surface area (Å²) >= 11 is 0. The first-order valence-electron chi connectivity index (χ1n) is 5.50. The molecule has 1 aromatic heterocycles. The van der Waals surface area contributed by atoms with Gasteiger partial charge in [0.15, 0.2) is 0 Å². The van der Waals surface area contributed by atoms with Gasteiger partial charge in [-0.3, -0.25) is 4.79 Å². The zero-order valence-corrected chi connectivity index (χ0v) is 9.47. The molecule has 2 N–H and O–H groups in total. The molecular formula is C11H12FN3O3. The van der Waals surface area contributed by atoms with Gasteiger partial charge < -0.3 is 15.3 Å². The molecule has 18 heavy (non-hydrogen) atoms. The van der Waals surface area contributed by atoms with Crippen molar-refractivity contribution in [2.24, 2.45) is 0 Å². The Hall–Kier alpha value is -2.18. The van der Waals surface area contributed by atoms with Crippen LogP contribution in [0, 0.1) is 5.95 Å². The molecule has 6 nitrogen and oxygen atoms in total. The topological polar surface area (TPSA) is 82.5 Å². The fourth-order valence-electron chi connectivity index (χ4n) is 1.94. The molecule has 1 unspecified atom stereocenters. The predicted molar refractivity (Wildman–Crippen MR) is 60.7 cm³/mol. The molecule has 1 fully saturated rings. The van der Waals surface area contributed by atoms with Gasteiger partial charge in [0, 0.05) is 6.54 Å². The molecule has 0 aliphatic carbocycles. The van der Waals surface area contributed by atoms with Crippen LogP contribution in [0.3, 0.4) is 0 Å². The number of carboxylic acid groups (broad SMARTS) is 1. The number of nitrogens with one attached hydrogen (secondary N) is 1. The van der Waals surface area contributed by atoms with Gasteiger partial charge in [0.1, 0.15) is 6.04 Å². The number of halogens is 1. The third-order valence-electron chi connectivity index (χ3n) is 2.76. The third kappa shape index (κ3) is 2.55. The number of amides is 2. The Bertz CT molecular complexity index is 463. The molecule has 2 heterocycles. The molecule has 2 amide bonds. The zero-order valence-electron chi connectivity index (χ0n) is 9.47. The maximum atomic E-state index is 12.7. The number of nitrogens with zero attached hydrogens (tertiary/aromatic N) is 2. The maximum Gasteiger partial charge on any atom is 0.405 e. The van der Waals surface area contributed by atoms with Gasteiger partial charge in [-0.15, -0.1) is 0 Å². The summed E-state index contributed by atoms with van der Waals surface area (Å²) in [6.45, 7) is 0.476. The lowest BCUT2D eigenvalue weighted by atomic mass is 10.0. The molecule has 0 bridgehead atoms. The van der Waals surface area contributed by atoms with E-state index in [1.807, 2.05) is 0 Å².